The Morgan fingerprint density at radius 1 is 1.11 bits per heavy atom. The Bertz CT molecular complexity index is 524. The van der Waals surface area contributed by atoms with Crippen molar-refractivity contribution >= 4 is 15.9 Å². The zero-order valence-electron chi connectivity index (χ0n) is 11.1. The monoisotopic (exact) mass is 303 g/mol. The third kappa shape index (κ3) is 3.42. The molecule has 1 heterocycles. The molecule has 1 nitrogen and oxygen atoms in total. The van der Waals surface area contributed by atoms with Crippen molar-refractivity contribution in [2.24, 2.45) is 0 Å². The van der Waals surface area contributed by atoms with Gasteiger partial charge in [-0.15, -0.1) is 0 Å². The van der Waals surface area contributed by atoms with E-state index < -0.39 is 0 Å². The van der Waals surface area contributed by atoms with E-state index in [0.717, 1.165) is 16.6 Å². The number of nitrogens with zero attached hydrogens (tertiary/aromatic N) is 1. The Morgan fingerprint density at radius 3 is 2.44 bits per heavy atom. The first-order chi connectivity index (χ1) is 8.45. The number of halogens is 1. The van der Waals surface area contributed by atoms with Gasteiger partial charge < -0.3 is 0 Å². The fourth-order valence-electron chi connectivity index (χ4n) is 1.83. The van der Waals surface area contributed by atoms with Crippen LogP contribution in [0.5, 0.6) is 0 Å². The van der Waals surface area contributed by atoms with E-state index in [1.807, 2.05) is 12.3 Å². The van der Waals surface area contributed by atoms with Gasteiger partial charge >= 0.3 is 0 Å². The van der Waals surface area contributed by atoms with Crippen molar-refractivity contribution in [1.29, 1.82) is 0 Å². The highest BCUT2D eigenvalue weighted by atomic mass is 79.9. The van der Waals surface area contributed by atoms with Crippen molar-refractivity contribution < 1.29 is 0 Å². The quantitative estimate of drug-likeness (QED) is 0.781. The van der Waals surface area contributed by atoms with Gasteiger partial charge in [0.15, 0.2) is 0 Å². The molecule has 0 atom stereocenters. The molecule has 18 heavy (non-hydrogen) atoms. The van der Waals surface area contributed by atoms with Gasteiger partial charge in [0.25, 0.3) is 0 Å². The number of rotatable bonds is 2. The summed E-state index contributed by atoms with van der Waals surface area (Å²) >= 11 is 3.49. The lowest BCUT2D eigenvalue weighted by Gasteiger charge is -2.18. The van der Waals surface area contributed by atoms with E-state index in [9.17, 15) is 0 Å². The number of benzene rings is 1. The van der Waals surface area contributed by atoms with Crippen LogP contribution in [0.25, 0.3) is 0 Å². The van der Waals surface area contributed by atoms with Crippen molar-refractivity contribution in [3.63, 3.8) is 0 Å². The topological polar surface area (TPSA) is 12.9 Å². The summed E-state index contributed by atoms with van der Waals surface area (Å²) in [5.74, 6) is 0. The van der Waals surface area contributed by atoms with E-state index in [2.05, 4.69) is 72.0 Å². The maximum absolute atomic E-state index is 4.55. The average molecular weight is 304 g/mol. The lowest BCUT2D eigenvalue weighted by Crippen LogP contribution is -2.11. The first-order valence-corrected chi connectivity index (χ1v) is 6.94. The minimum absolute atomic E-state index is 0.168. The van der Waals surface area contributed by atoms with E-state index in [-0.39, 0.29) is 5.41 Å². The van der Waals surface area contributed by atoms with Crippen LogP contribution in [0.4, 0.5) is 0 Å². The van der Waals surface area contributed by atoms with Gasteiger partial charge in [-0.1, -0.05) is 54.9 Å². The number of hydrogen-bond acceptors (Lipinski definition) is 1. The summed E-state index contributed by atoms with van der Waals surface area (Å²) in [5.41, 5.74) is 3.84. The Labute approximate surface area is 117 Å². The average Bonchev–Trinajstić information content (AvgIpc) is 2.28. The predicted octanol–water partition coefficient (Wildman–Crippen LogP) is 4.73. The molecule has 0 aliphatic heterocycles. The minimum Gasteiger partial charge on any atom is -0.261 e. The van der Waals surface area contributed by atoms with Gasteiger partial charge in [0.1, 0.15) is 0 Å². The predicted molar refractivity (Wildman–Crippen MR) is 79.9 cm³/mol. The van der Waals surface area contributed by atoms with Gasteiger partial charge in [0.05, 0.1) is 0 Å². The van der Waals surface area contributed by atoms with Gasteiger partial charge in [-0.25, -0.2) is 0 Å². The molecule has 0 aliphatic carbocycles. The Balaban J connectivity index is 2.16. The Hall–Kier alpha value is -1.15. The fraction of sp³-hybridized carbons (Fsp3) is 0.312. The van der Waals surface area contributed by atoms with Crippen LogP contribution in [-0.4, -0.2) is 4.98 Å². The maximum Gasteiger partial charge on any atom is 0.0447 e. The molecule has 1 aromatic heterocycles. The van der Waals surface area contributed by atoms with Crippen molar-refractivity contribution in [3.8, 4) is 0 Å². The normalized spacial score (nSPS) is 11.6. The summed E-state index contributed by atoms with van der Waals surface area (Å²) in [6, 6.07) is 12.7. The highest BCUT2D eigenvalue weighted by Gasteiger charge is 2.13. The summed E-state index contributed by atoms with van der Waals surface area (Å²) in [4.78, 5) is 4.55. The molecule has 0 spiro atoms. The summed E-state index contributed by atoms with van der Waals surface area (Å²) in [5, 5.41) is 0. The van der Waals surface area contributed by atoms with E-state index in [1.54, 1.807) is 0 Å². The van der Waals surface area contributed by atoms with Crippen LogP contribution in [-0.2, 0) is 11.8 Å². The van der Waals surface area contributed by atoms with E-state index in [0.29, 0.717) is 0 Å². The summed E-state index contributed by atoms with van der Waals surface area (Å²) < 4.78 is 1.12. The lowest BCUT2D eigenvalue weighted by molar-refractivity contribution is 0.587. The van der Waals surface area contributed by atoms with Gasteiger partial charge in [-0.3, -0.25) is 4.98 Å². The molecule has 1 aromatic carbocycles. The van der Waals surface area contributed by atoms with Crippen molar-refractivity contribution in [1.82, 2.24) is 4.98 Å². The van der Waals surface area contributed by atoms with Gasteiger partial charge in [0.2, 0.25) is 0 Å². The van der Waals surface area contributed by atoms with Crippen molar-refractivity contribution in [2.45, 2.75) is 32.6 Å². The second-order valence-corrected chi connectivity index (χ2v) is 6.51. The van der Waals surface area contributed by atoms with Crippen LogP contribution in [0.3, 0.4) is 0 Å². The Kier molecular flexibility index (Phi) is 3.86. The van der Waals surface area contributed by atoms with Crippen LogP contribution in [0.2, 0.25) is 0 Å². The van der Waals surface area contributed by atoms with Gasteiger partial charge in [-0.05, 0) is 34.7 Å². The largest absolute Gasteiger partial charge is 0.261 e. The van der Waals surface area contributed by atoms with E-state index in [1.165, 1.54) is 11.1 Å². The summed E-state index contributed by atoms with van der Waals surface area (Å²) in [7, 11) is 0. The van der Waals surface area contributed by atoms with Crippen molar-refractivity contribution in [2.75, 3.05) is 0 Å². The number of hydrogen-bond donors (Lipinski definition) is 0. The fourth-order valence-corrected chi connectivity index (χ4v) is 2.28. The van der Waals surface area contributed by atoms with Crippen LogP contribution in [0, 0.1) is 0 Å². The third-order valence-electron chi connectivity index (χ3n) is 2.97. The van der Waals surface area contributed by atoms with Crippen LogP contribution < -0.4 is 0 Å². The minimum atomic E-state index is 0.168. The van der Waals surface area contributed by atoms with Crippen molar-refractivity contribution in [3.05, 3.63) is 63.9 Å². The first kappa shape index (κ1) is 13.3. The maximum atomic E-state index is 4.55. The summed E-state index contributed by atoms with van der Waals surface area (Å²) in [6.07, 6.45) is 2.87. The molecule has 0 radical (unpaired) electrons. The van der Waals surface area contributed by atoms with Crippen LogP contribution in [0.1, 0.15) is 37.6 Å². The summed E-state index contributed by atoms with van der Waals surface area (Å²) in [6.45, 7) is 6.62. The molecule has 0 fully saturated rings. The molecular weight excluding hydrogens is 286 g/mol. The molecule has 0 saturated heterocycles. The molecule has 2 aromatic rings. The molecule has 0 unspecified atom stereocenters. The smallest absolute Gasteiger partial charge is 0.0447 e. The zero-order chi connectivity index (χ0) is 13.2. The highest BCUT2D eigenvalue weighted by molar-refractivity contribution is 9.10. The number of aromatic nitrogens is 1. The third-order valence-corrected chi connectivity index (χ3v) is 3.46. The zero-order valence-corrected chi connectivity index (χ0v) is 12.7. The first-order valence-electron chi connectivity index (χ1n) is 6.15. The molecule has 0 bridgehead atoms. The molecule has 94 valence electrons. The van der Waals surface area contributed by atoms with E-state index >= 15 is 0 Å². The molecular formula is C16H18BrN. The SMILES string of the molecule is CC(C)(C)c1ccc(Cc2cccc(Br)c2)nc1. The van der Waals surface area contributed by atoms with Gasteiger partial charge in [-0.2, -0.15) is 0 Å². The molecule has 0 saturated carbocycles. The second-order valence-electron chi connectivity index (χ2n) is 5.59. The number of pyridine rings is 1. The Morgan fingerprint density at radius 2 is 1.89 bits per heavy atom. The van der Waals surface area contributed by atoms with Crippen LogP contribution in [0.15, 0.2) is 47.1 Å². The van der Waals surface area contributed by atoms with Gasteiger partial charge in [0, 0.05) is 22.8 Å². The molecule has 0 amide bonds. The molecule has 0 aliphatic rings. The second kappa shape index (κ2) is 5.23. The molecule has 2 rings (SSSR count). The lowest BCUT2D eigenvalue weighted by atomic mass is 9.88. The standard InChI is InChI=1S/C16H18BrN/c1-16(2,3)13-7-8-15(18-11-13)10-12-5-4-6-14(17)9-12/h4-9,11H,10H2,1-3H3. The highest BCUT2D eigenvalue weighted by Crippen LogP contribution is 2.21. The van der Waals surface area contributed by atoms with Crippen LogP contribution >= 0.6 is 15.9 Å². The van der Waals surface area contributed by atoms with E-state index in [4.69, 9.17) is 0 Å². The molecule has 0 N–H and O–H groups in total. The molecule has 2 heteroatoms.